The first kappa shape index (κ1) is 20.5. The zero-order valence-corrected chi connectivity index (χ0v) is 17.6. The number of carbonyl (C=O) groups excluding carboxylic acids is 2. The Bertz CT molecular complexity index is 1090. The molecule has 0 atom stereocenters. The molecule has 1 fully saturated rings. The van der Waals surface area contributed by atoms with Crippen molar-refractivity contribution in [2.24, 2.45) is 0 Å². The second-order valence-electron chi connectivity index (χ2n) is 7.04. The summed E-state index contributed by atoms with van der Waals surface area (Å²) in [5, 5.41) is 9.48. The predicted octanol–water partition coefficient (Wildman–Crippen LogP) is 2.70. The number of hydrogen-bond acceptors (Lipinski definition) is 4. The van der Waals surface area contributed by atoms with E-state index < -0.39 is 17.8 Å². The van der Waals surface area contributed by atoms with Gasteiger partial charge in [0, 0.05) is 31.2 Å². The fraction of sp³-hybridized carbons (Fsp3) is 0.238. The van der Waals surface area contributed by atoms with E-state index in [0.717, 1.165) is 22.6 Å². The minimum atomic E-state index is -1.00. The normalized spacial score (nSPS) is 14.7. The molecular weight excluding hydrogens is 390 g/mol. The van der Waals surface area contributed by atoms with Crippen molar-refractivity contribution in [1.82, 2.24) is 14.4 Å². The van der Waals surface area contributed by atoms with Crippen LogP contribution in [0.3, 0.4) is 0 Å². The number of amides is 2. The molecule has 2 aromatic rings. The van der Waals surface area contributed by atoms with E-state index in [9.17, 15) is 19.5 Å². The van der Waals surface area contributed by atoms with Crippen LogP contribution in [0.4, 0.5) is 0 Å². The fourth-order valence-corrected chi connectivity index (χ4v) is 3.58. The van der Waals surface area contributed by atoms with Crippen LogP contribution in [0.2, 0.25) is 0 Å². The minimum Gasteiger partial charge on any atom is -0.478 e. The molecule has 1 aliphatic heterocycles. The molecule has 8 heteroatoms. The van der Waals surface area contributed by atoms with Crippen LogP contribution in [0.15, 0.2) is 29.8 Å². The first-order valence-electron chi connectivity index (χ1n) is 8.89. The molecule has 0 saturated carbocycles. The molecule has 1 aromatic carbocycles. The number of carboxylic acid groups (broad SMARTS) is 1. The van der Waals surface area contributed by atoms with Crippen LogP contribution in [-0.4, -0.2) is 56.5 Å². The molecule has 29 heavy (non-hydrogen) atoms. The van der Waals surface area contributed by atoms with E-state index in [1.165, 1.54) is 23.9 Å². The number of thiocarbonyl (C=S) groups is 1. The number of aromatic nitrogens is 1. The number of benzene rings is 1. The SMILES string of the molecule is Cc1ccc(C(=O)O)cc1-n1c(C)cc(C=C2C(=O)N(C)C(=S)N(C)C2=O)c1C. The molecule has 150 valence electrons. The summed E-state index contributed by atoms with van der Waals surface area (Å²) < 4.78 is 1.92. The summed E-state index contributed by atoms with van der Waals surface area (Å²) in [4.78, 5) is 39.1. The van der Waals surface area contributed by atoms with Gasteiger partial charge in [0.25, 0.3) is 11.8 Å². The predicted molar refractivity (Wildman–Crippen MR) is 113 cm³/mol. The van der Waals surface area contributed by atoms with Crippen molar-refractivity contribution < 1.29 is 19.5 Å². The van der Waals surface area contributed by atoms with Crippen LogP contribution in [0, 0.1) is 20.8 Å². The maximum Gasteiger partial charge on any atom is 0.335 e. The van der Waals surface area contributed by atoms with E-state index in [1.54, 1.807) is 24.3 Å². The third-order valence-corrected chi connectivity index (χ3v) is 5.66. The maximum atomic E-state index is 12.6. The average Bonchev–Trinajstić information content (AvgIpc) is 2.95. The van der Waals surface area contributed by atoms with E-state index in [1.807, 2.05) is 31.4 Å². The molecule has 7 nitrogen and oxygen atoms in total. The summed E-state index contributed by atoms with van der Waals surface area (Å²) in [6.45, 7) is 5.65. The highest BCUT2D eigenvalue weighted by atomic mass is 32.1. The number of aryl methyl sites for hydroxylation is 2. The van der Waals surface area contributed by atoms with E-state index in [-0.39, 0.29) is 16.2 Å². The number of carboxylic acids is 1. The van der Waals surface area contributed by atoms with Gasteiger partial charge in [-0.3, -0.25) is 19.4 Å². The van der Waals surface area contributed by atoms with E-state index in [0.29, 0.717) is 5.56 Å². The highest BCUT2D eigenvalue weighted by Gasteiger charge is 2.35. The van der Waals surface area contributed by atoms with Crippen LogP contribution >= 0.6 is 12.2 Å². The van der Waals surface area contributed by atoms with Gasteiger partial charge in [0.15, 0.2) is 5.11 Å². The molecule has 1 aromatic heterocycles. The van der Waals surface area contributed by atoms with Gasteiger partial charge in [-0.25, -0.2) is 4.79 Å². The first-order valence-corrected chi connectivity index (χ1v) is 9.30. The van der Waals surface area contributed by atoms with Crippen LogP contribution in [0.5, 0.6) is 0 Å². The molecule has 1 N–H and O–H groups in total. The van der Waals surface area contributed by atoms with Crippen molar-refractivity contribution in [3.63, 3.8) is 0 Å². The Hall–Kier alpha value is -3.26. The standard InChI is InChI=1S/C21H21N3O4S/c1-11-6-7-14(20(27)28)10-17(11)24-12(2)8-15(13(24)3)9-16-18(25)22(4)21(29)23(5)19(16)26/h6-10H,1-5H3,(H,27,28). The number of carbonyl (C=O) groups is 3. The number of hydrogen-bond donors (Lipinski definition) is 1. The van der Waals surface area contributed by atoms with E-state index in [2.05, 4.69) is 0 Å². The quantitative estimate of drug-likeness (QED) is 0.477. The van der Waals surface area contributed by atoms with Crippen molar-refractivity contribution in [3.05, 3.63) is 57.9 Å². The maximum absolute atomic E-state index is 12.6. The minimum absolute atomic E-state index is 0.0276. The lowest BCUT2D eigenvalue weighted by Gasteiger charge is -2.31. The third-order valence-electron chi connectivity index (χ3n) is 5.11. The fourth-order valence-electron chi connectivity index (χ4n) is 3.42. The van der Waals surface area contributed by atoms with Crippen molar-refractivity contribution in [1.29, 1.82) is 0 Å². The average molecular weight is 411 g/mol. The molecule has 1 aliphatic rings. The molecule has 0 bridgehead atoms. The Balaban J connectivity index is 2.14. The molecule has 0 unspecified atom stereocenters. The number of likely N-dealkylation sites (N-methyl/N-ethyl adjacent to an activating group) is 2. The highest BCUT2D eigenvalue weighted by Crippen LogP contribution is 2.27. The molecule has 2 amide bonds. The van der Waals surface area contributed by atoms with E-state index in [4.69, 9.17) is 12.2 Å². The number of aromatic carboxylic acids is 1. The Morgan fingerprint density at radius 1 is 1.03 bits per heavy atom. The third kappa shape index (κ3) is 3.36. The number of nitrogens with zero attached hydrogens (tertiary/aromatic N) is 3. The number of rotatable bonds is 3. The van der Waals surface area contributed by atoms with Gasteiger partial charge in [-0.15, -0.1) is 0 Å². The first-order chi connectivity index (χ1) is 13.5. The Kier molecular flexibility index (Phi) is 5.15. The smallest absolute Gasteiger partial charge is 0.335 e. The van der Waals surface area contributed by atoms with Crippen LogP contribution in [0.25, 0.3) is 11.8 Å². The van der Waals surface area contributed by atoms with Crippen molar-refractivity contribution in [2.75, 3.05) is 14.1 Å². The molecule has 3 rings (SSSR count). The summed E-state index contributed by atoms with van der Waals surface area (Å²) in [7, 11) is 3.07. The lowest BCUT2D eigenvalue weighted by Crippen LogP contribution is -2.52. The van der Waals surface area contributed by atoms with Gasteiger partial charge in [-0.05, 0) is 68.4 Å². The van der Waals surface area contributed by atoms with Crippen molar-refractivity contribution in [2.45, 2.75) is 20.8 Å². The molecule has 0 radical (unpaired) electrons. The van der Waals surface area contributed by atoms with Crippen LogP contribution in [0.1, 0.15) is 32.9 Å². The monoisotopic (exact) mass is 411 g/mol. The van der Waals surface area contributed by atoms with Gasteiger partial charge in [0.1, 0.15) is 5.57 Å². The van der Waals surface area contributed by atoms with Gasteiger partial charge < -0.3 is 9.67 Å². The van der Waals surface area contributed by atoms with Gasteiger partial charge in [0.2, 0.25) is 0 Å². The van der Waals surface area contributed by atoms with Crippen molar-refractivity contribution in [3.8, 4) is 5.69 Å². The Morgan fingerprint density at radius 3 is 2.17 bits per heavy atom. The molecule has 1 saturated heterocycles. The summed E-state index contributed by atoms with van der Waals surface area (Å²) in [6.07, 6.45) is 1.56. The van der Waals surface area contributed by atoms with Crippen molar-refractivity contribution >= 4 is 41.2 Å². The van der Waals surface area contributed by atoms with Gasteiger partial charge in [0.05, 0.1) is 5.56 Å². The topological polar surface area (TPSA) is 82.8 Å². The summed E-state index contributed by atoms with van der Waals surface area (Å²) >= 11 is 5.12. The van der Waals surface area contributed by atoms with Crippen LogP contribution in [-0.2, 0) is 9.59 Å². The molecular formula is C21H21N3O4S. The molecule has 2 heterocycles. The summed E-state index contributed by atoms with van der Waals surface area (Å²) in [5.41, 5.74) is 4.21. The van der Waals surface area contributed by atoms with Gasteiger partial charge >= 0.3 is 5.97 Å². The Morgan fingerprint density at radius 2 is 1.62 bits per heavy atom. The second-order valence-corrected chi connectivity index (χ2v) is 7.40. The lowest BCUT2D eigenvalue weighted by molar-refractivity contribution is -0.132. The second kappa shape index (κ2) is 7.29. The molecule has 0 spiro atoms. The summed E-state index contributed by atoms with van der Waals surface area (Å²) in [6, 6.07) is 6.80. The van der Waals surface area contributed by atoms with E-state index >= 15 is 0 Å². The lowest BCUT2D eigenvalue weighted by atomic mass is 10.1. The largest absolute Gasteiger partial charge is 0.478 e. The van der Waals surface area contributed by atoms with Crippen LogP contribution < -0.4 is 0 Å². The zero-order chi connectivity index (χ0) is 21.6. The van der Waals surface area contributed by atoms with Gasteiger partial charge in [-0.1, -0.05) is 6.07 Å². The highest BCUT2D eigenvalue weighted by molar-refractivity contribution is 7.80. The summed E-state index contributed by atoms with van der Waals surface area (Å²) in [5.74, 6) is -1.91. The Labute approximate surface area is 173 Å². The zero-order valence-electron chi connectivity index (χ0n) is 16.8. The van der Waals surface area contributed by atoms with Gasteiger partial charge in [-0.2, -0.15) is 0 Å². The molecule has 0 aliphatic carbocycles.